The van der Waals surface area contributed by atoms with Gasteiger partial charge >= 0.3 is 0 Å². The van der Waals surface area contributed by atoms with Crippen LogP contribution in [0.2, 0.25) is 0 Å². The molecule has 0 saturated heterocycles. The van der Waals surface area contributed by atoms with Gasteiger partial charge in [0.2, 0.25) is 0 Å². The van der Waals surface area contributed by atoms with Crippen molar-refractivity contribution in [2.75, 3.05) is 5.32 Å². The van der Waals surface area contributed by atoms with Crippen molar-refractivity contribution in [1.29, 1.82) is 0 Å². The Morgan fingerprint density at radius 2 is 1.83 bits per heavy atom. The minimum Gasteiger partial charge on any atom is -0.364 e. The Morgan fingerprint density at radius 3 is 2.50 bits per heavy atom. The minimum absolute atomic E-state index is 0.0368. The van der Waals surface area contributed by atoms with E-state index in [1.165, 1.54) is 12.1 Å². The molecule has 0 aliphatic rings. The fraction of sp³-hybridized carbons (Fsp3) is 0.100. The van der Waals surface area contributed by atoms with Gasteiger partial charge in [-0.25, -0.2) is 9.37 Å². The molecule has 120 valence electrons. The smallest absolute Gasteiger partial charge is 0.126 e. The molecule has 3 aromatic rings. The molecule has 0 amide bonds. The maximum Gasteiger partial charge on any atom is 0.126 e. The highest BCUT2D eigenvalue weighted by Gasteiger charge is 2.07. The summed E-state index contributed by atoms with van der Waals surface area (Å²) in [5, 5.41) is 3.31. The van der Waals surface area contributed by atoms with Gasteiger partial charge < -0.3 is 5.32 Å². The van der Waals surface area contributed by atoms with Crippen molar-refractivity contribution in [1.82, 2.24) is 9.97 Å². The monoisotopic (exact) mass is 319 g/mol. The molecule has 3 nitrogen and oxygen atoms in total. The maximum atomic E-state index is 13.0. The quantitative estimate of drug-likeness (QED) is 0.711. The van der Waals surface area contributed by atoms with Crippen molar-refractivity contribution in [3.8, 4) is 11.1 Å². The first-order valence-electron chi connectivity index (χ1n) is 7.71. The van der Waals surface area contributed by atoms with Gasteiger partial charge in [0, 0.05) is 35.8 Å². The van der Waals surface area contributed by atoms with Crippen LogP contribution in [0.1, 0.15) is 24.1 Å². The first kappa shape index (κ1) is 15.9. The van der Waals surface area contributed by atoms with Crippen molar-refractivity contribution < 1.29 is 4.39 Å². The van der Waals surface area contributed by atoms with Gasteiger partial charge in [-0.05, 0) is 48.4 Å². The Morgan fingerprint density at radius 1 is 1.04 bits per heavy atom. The summed E-state index contributed by atoms with van der Waals surface area (Å²) in [5.74, 6) is 0.534. The number of hydrogen-bond donors (Lipinski definition) is 1. The third kappa shape index (κ3) is 3.66. The van der Waals surface area contributed by atoms with E-state index in [-0.39, 0.29) is 11.9 Å². The number of hydrogen-bond acceptors (Lipinski definition) is 3. The molecule has 1 N–H and O–H groups in total. The minimum atomic E-state index is -0.233. The fourth-order valence-electron chi connectivity index (χ4n) is 2.43. The van der Waals surface area contributed by atoms with Crippen molar-refractivity contribution in [3.63, 3.8) is 0 Å². The number of pyridine rings is 2. The molecule has 2 aromatic heterocycles. The van der Waals surface area contributed by atoms with E-state index in [1.807, 2.05) is 31.3 Å². The average Bonchev–Trinajstić information content (AvgIpc) is 2.63. The second-order valence-electron chi connectivity index (χ2n) is 5.56. The van der Waals surface area contributed by atoms with Crippen molar-refractivity contribution in [3.05, 3.63) is 84.6 Å². The number of nitrogens with zero attached hydrogens (tertiary/aromatic N) is 2. The topological polar surface area (TPSA) is 37.8 Å². The van der Waals surface area contributed by atoms with E-state index in [9.17, 15) is 4.39 Å². The van der Waals surface area contributed by atoms with Crippen LogP contribution in [0.25, 0.3) is 17.2 Å². The lowest BCUT2D eigenvalue weighted by molar-refractivity contribution is 0.626. The summed E-state index contributed by atoms with van der Waals surface area (Å²) < 4.78 is 13.0. The summed E-state index contributed by atoms with van der Waals surface area (Å²) in [6.45, 7) is 5.77. The molecule has 2 heterocycles. The SMILES string of the molecule is C=Cc1cncc(-c2ccc(N[C@H](C)c3ccc(F)cc3)nc2)c1. The number of benzene rings is 1. The van der Waals surface area contributed by atoms with E-state index < -0.39 is 0 Å². The zero-order valence-corrected chi connectivity index (χ0v) is 13.4. The first-order chi connectivity index (χ1) is 11.7. The van der Waals surface area contributed by atoms with Crippen molar-refractivity contribution in [2.45, 2.75) is 13.0 Å². The summed E-state index contributed by atoms with van der Waals surface area (Å²) in [5.41, 5.74) is 3.97. The number of aromatic nitrogens is 2. The highest BCUT2D eigenvalue weighted by atomic mass is 19.1. The lowest BCUT2D eigenvalue weighted by atomic mass is 10.1. The van der Waals surface area contributed by atoms with E-state index in [0.29, 0.717) is 0 Å². The van der Waals surface area contributed by atoms with Gasteiger partial charge in [-0.15, -0.1) is 0 Å². The van der Waals surface area contributed by atoms with Crippen molar-refractivity contribution in [2.24, 2.45) is 0 Å². The fourth-order valence-corrected chi connectivity index (χ4v) is 2.43. The first-order valence-corrected chi connectivity index (χ1v) is 7.71. The second kappa shape index (κ2) is 7.04. The van der Waals surface area contributed by atoms with Gasteiger partial charge in [0.1, 0.15) is 11.6 Å². The number of halogens is 1. The summed E-state index contributed by atoms with van der Waals surface area (Å²) in [4.78, 5) is 8.66. The third-order valence-corrected chi connectivity index (χ3v) is 3.83. The van der Waals surface area contributed by atoms with Gasteiger partial charge in [0.25, 0.3) is 0 Å². The summed E-state index contributed by atoms with van der Waals surface area (Å²) in [6.07, 6.45) is 7.15. The second-order valence-corrected chi connectivity index (χ2v) is 5.56. The van der Waals surface area contributed by atoms with Crippen LogP contribution in [-0.4, -0.2) is 9.97 Å². The van der Waals surface area contributed by atoms with E-state index in [0.717, 1.165) is 28.1 Å². The molecule has 3 rings (SSSR count). The Kier molecular flexibility index (Phi) is 4.66. The highest BCUT2D eigenvalue weighted by molar-refractivity contribution is 5.66. The summed E-state index contributed by atoms with van der Waals surface area (Å²) in [6, 6.07) is 12.4. The van der Waals surface area contributed by atoms with Crippen LogP contribution in [0, 0.1) is 5.82 Å². The molecule has 4 heteroatoms. The molecule has 0 saturated carbocycles. The molecular formula is C20H18FN3. The van der Waals surface area contributed by atoms with Crippen molar-refractivity contribution >= 4 is 11.9 Å². The van der Waals surface area contributed by atoms with Gasteiger partial charge in [0.05, 0.1) is 0 Å². The zero-order valence-electron chi connectivity index (χ0n) is 13.4. The predicted octanol–water partition coefficient (Wildman–Crippen LogP) is 5.10. The van der Waals surface area contributed by atoms with Gasteiger partial charge in [-0.1, -0.05) is 24.8 Å². The van der Waals surface area contributed by atoms with Gasteiger partial charge in [-0.3, -0.25) is 4.98 Å². The number of nitrogens with one attached hydrogen (secondary N) is 1. The van der Waals surface area contributed by atoms with Gasteiger partial charge in [0.15, 0.2) is 0 Å². The molecule has 0 radical (unpaired) electrons. The molecular weight excluding hydrogens is 301 g/mol. The van der Waals surface area contributed by atoms with Crippen LogP contribution in [0.5, 0.6) is 0 Å². The Balaban J connectivity index is 1.74. The molecule has 0 spiro atoms. The Hall–Kier alpha value is -3.01. The predicted molar refractivity (Wildman–Crippen MR) is 96.0 cm³/mol. The lowest BCUT2D eigenvalue weighted by Gasteiger charge is -2.15. The average molecular weight is 319 g/mol. The molecule has 1 aromatic carbocycles. The number of rotatable bonds is 5. The molecule has 0 aliphatic heterocycles. The molecule has 0 unspecified atom stereocenters. The zero-order chi connectivity index (χ0) is 16.9. The molecule has 0 bridgehead atoms. The summed E-state index contributed by atoms with van der Waals surface area (Å²) in [7, 11) is 0. The van der Waals surface area contributed by atoms with E-state index in [1.54, 1.807) is 30.6 Å². The lowest BCUT2D eigenvalue weighted by Crippen LogP contribution is -2.07. The van der Waals surface area contributed by atoms with E-state index in [2.05, 4.69) is 21.9 Å². The largest absolute Gasteiger partial charge is 0.364 e. The van der Waals surface area contributed by atoms with E-state index >= 15 is 0 Å². The summed E-state index contributed by atoms with van der Waals surface area (Å²) >= 11 is 0. The maximum absolute atomic E-state index is 13.0. The molecule has 24 heavy (non-hydrogen) atoms. The standard InChI is InChI=1S/C20H18FN3/c1-3-15-10-18(12-22-11-15)17-6-9-20(23-13-17)24-14(2)16-4-7-19(21)8-5-16/h3-14H,1H2,2H3,(H,23,24)/t14-/m1/s1. The molecule has 1 atom stereocenters. The van der Waals surface area contributed by atoms with Crippen LogP contribution in [0.15, 0.2) is 67.6 Å². The van der Waals surface area contributed by atoms with Crippen LogP contribution in [0.3, 0.4) is 0 Å². The molecule has 0 aliphatic carbocycles. The van der Waals surface area contributed by atoms with E-state index in [4.69, 9.17) is 0 Å². The van der Waals surface area contributed by atoms with Gasteiger partial charge in [-0.2, -0.15) is 0 Å². The van der Waals surface area contributed by atoms with Crippen LogP contribution in [-0.2, 0) is 0 Å². The third-order valence-electron chi connectivity index (χ3n) is 3.83. The normalized spacial score (nSPS) is 11.8. The Bertz CT molecular complexity index is 826. The highest BCUT2D eigenvalue weighted by Crippen LogP contribution is 2.22. The van der Waals surface area contributed by atoms with Crippen LogP contribution < -0.4 is 5.32 Å². The van der Waals surface area contributed by atoms with Crippen LogP contribution in [0.4, 0.5) is 10.2 Å². The number of anilines is 1. The van der Waals surface area contributed by atoms with Crippen LogP contribution >= 0.6 is 0 Å². The molecule has 0 fully saturated rings. The Labute approximate surface area is 140 Å².